The Morgan fingerprint density at radius 1 is 0.708 bits per heavy atom. The fraction of sp³-hybridized carbons (Fsp3) is 0.400. The van der Waals surface area contributed by atoms with Crippen LogP contribution in [0.15, 0.2) is 54.6 Å². The van der Waals surface area contributed by atoms with Crippen LogP contribution in [-0.4, -0.2) is 11.2 Å². The van der Waals surface area contributed by atoms with Crippen molar-refractivity contribution in [1.29, 1.82) is 0 Å². The SMILES string of the molecule is CC(C)(C)OP(=O)(OC(C)(C)C)c1ccccc1-c1ccccc1. The van der Waals surface area contributed by atoms with Crippen LogP contribution < -0.4 is 5.30 Å². The summed E-state index contributed by atoms with van der Waals surface area (Å²) >= 11 is 0. The summed E-state index contributed by atoms with van der Waals surface area (Å²) < 4.78 is 25.8. The molecule has 0 heterocycles. The van der Waals surface area contributed by atoms with Crippen molar-refractivity contribution < 1.29 is 13.6 Å². The second-order valence-corrected chi connectivity index (χ2v) is 9.63. The number of benzene rings is 2. The molecule has 0 N–H and O–H groups in total. The zero-order valence-electron chi connectivity index (χ0n) is 15.4. The molecule has 4 heteroatoms. The van der Waals surface area contributed by atoms with Gasteiger partial charge in [-0.2, -0.15) is 0 Å². The first-order valence-electron chi connectivity index (χ1n) is 8.17. The van der Waals surface area contributed by atoms with Crippen molar-refractivity contribution >= 4 is 12.9 Å². The maximum absolute atomic E-state index is 13.8. The molecule has 2 aromatic rings. The van der Waals surface area contributed by atoms with Crippen LogP contribution in [0.25, 0.3) is 11.1 Å². The molecule has 2 aromatic carbocycles. The molecule has 0 saturated carbocycles. The summed E-state index contributed by atoms with van der Waals surface area (Å²) in [7, 11) is -3.52. The first-order valence-corrected chi connectivity index (χ1v) is 9.71. The fourth-order valence-corrected chi connectivity index (χ4v) is 4.86. The number of hydrogen-bond acceptors (Lipinski definition) is 3. The molecule has 0 aromatic heterocycles. The minimum atomic E-state index is -3.52. The molecule has 130 valence electrons. The lowest BCUT2D eigenvalue weighted by atomic mass is 10.1. The summed E-state index contributed by atoms with van der Waals surface area (Å²) in [6, 6.07) is 17.5. The van der Waals surface area contributed by atoms with Gasteiger partial charge in [0.25, 0.3) is 0 Å². The van der Waals surface area contributed by atoms with Gasteiger partial charge in [-0.15, -0.1) is 0 Å². The summed E-state index contributed by atoms with van der Waals surface area (Å²) in [5.41, 5.74) is 0.674. The third-order valence-corrected chi connectivity index (χ3v) is 5.63. The van der Waals surface area contributed by atoms with Crippen LogP contribution in [0.3, 0.4) is 0 Å². The Balaban J connectivity index is 2.61. The molecule has 3 nitrogen and oxygen atoms in total. The minimum Gasteiger partial charge on any atom is -0.299 e. The molecule has 0 amide bonds. The Labute approximate surface area is 145 Å². The van der Waals surface area contributed by atoms with Gasteiger partial charge in [-0.05, 0) is 58.7 Å². The summed E-state index contributed by atoms with van der Waals surface area (Å²) in [6.45, 7) is 11.3. The highest BCUT2D eigenvalue weighted by atomic mass is 31.2. The van der Waals surface area contributed by atoms with Crippen molar-refractivity contribution in [3.63, 3.8) is 0 Å². The van der Waals surface area contributed by atoms with Crippen LogP contribution in [-0.2, 0) is 13.6 Å². The zero-order chi connectivity index (χ0) is 18.0. The molecule has 24 heavy (non-hydrogen) atoms. The molecule has 0 fully saturated rings. The van der Waals surface area contributed by atoms with Crippen molar-refractivity contribution in [3.8, 4) is 11.1 Å². The van der Waals surface area contributed by atoms with Gasteiger partial charge in [0.05, 0.1) is 16.5 Å². The maximum atomic E-state index is 13.8. The molecular formula is C20H27O3P. The van der Waals surface area contributed by atoms with Gasteiger partial charge in [0, 0.05) is 0 Å². The summed E-state index contributed by atoms with van der Waals surface area (Å²) in [5.74, 6) is 0. The van der Waals surface area contributed by atoms with Gasteiger partial charge >= 0.3 is 7.60 Å². The van der Waals surface area contributed by atoms with Gasteiger partial charge in [-0.3, -0.25) is 13.6 Å². The zero-order valence-corrected chi connectivity index (χ0v) is 16.3. The van der Waals surface area contributed by atoms with Crippen molar-refractivity contribution in [3.05, 3.63) is 54.6 Å². The molecule has 0 bridgehead atoms. The first-order chi connectivity index (χ1) is 11.0. The third-order valence-electron chi connectivity index (χ3n) is 3.07. The normalized spacial score (nSPS) is 13.1. The Kier molecular flexibility index (Phi) is 5.39. The molecule has 0 aliphatic heterocycles. The maximum Gasteiger partial charge on any atom is 0.362 e. The average Bonchev–Trinajstić information content (AvgIpc) is 2.44. The monoisotopic (exact) mass is 346 g/mol. The van der Waals surface area contributed by atoms with E-state index in [1.54, 1.807) is 0 Å². The summed E-state index contributed by atoms with van der Waals surface area (Å²) in [5, 5.41) is 0.598. The van der Waals surface area contributed by atoms with E-state index in [9.17, 15) is 4.57 Å². The van der Waals surface area contributed by atoms with Gasteiger partial charge < -0.3 is 0 Å². The standard InChI is InChI=1S/C20H27O3P/c1-19(2,3)22-24(21,23-20(4,5)6)18-15-11-10-14-17(18)16-12-8-7-9-13-16/h7-15H,1-6H3. The van der Waals surface area contributed by atoms with E-state index in [1.807, 2.05) is 96.1 Å². The predicted molar refractivity (Wildman–Crippen MR) is 101 cm³/mol. The predicted octanol–water partition coefficient (Wildman–Crippen LogP) is 5.80. The third kappa shape index (κ3) is 5.04. The second kappa shape index (κ2) is 6.84. The van der Waals surface area contributed by atoms with Gasteiger partial charge in [-0.1, -0.05) is 48.5 Å². The van der Waals surface area contributed by atoms with Crippen LogP contribution in [0.2, 0.25) is 0 Å². The Hall–Kier alpha value is -1.41. The Bertz CT molecular complexity index is 705. The number of rotatable bonds is 4. The smallest absolute Gasteiger partial charge is 0.299 e. The van der Waals surface area contributed by atoms with E-state index in [-0.39, 0.29) is 0 Å². The van der Waals surface area contributed by atoms with Crippen molar-refractivity contribution in [1.82, 2.24) is 0 Å². The van der Waals surface area contributed by atoms with Crippen molar-refractivity contribution in [2.75, 3.05) is 0 Å². The minimum absolute atomic E-state index is 0.593. The van der Waals surface area contributed by atoms with E-state index >= 15 is 0 Å². The van der Waals surface area contributed by atoms with E-state index in [0.717, 1.165) is 11.1 Å². The Morgan fingerprint density at radius 3 is 1.67 bits per heavy atom. The molecule has 0 aliphatic carbocycles. The molecule has 0 unspecified atom stereocenters. The molecule has 0 radical (unpaired) electrons. The lowest BCUT2D eigenvalue weighted by molar-refractivity contribution is 0.0549. The van der Waals surface area contributed by atoms with Gasteiger partial charge in [0.2, 0.25) is 0 Å². The van der Waals surface area contributed by atoms with Crippen molar-refractivity contribution in [2.24, 2.45) is 0 Å². The highest BCUT2D eigenvalue weighted by Crippen LogP contribution is 2.54. The average molecular weight is 346 g/mol. The molecule has 0 atom stereocenters. The quantitative estimate of drug-likeness (QED) is 0.656. The largest absolute Gasteiger partial charge is 0.362 e. The molecule has 2 rings (SSSR count). The van der Waals surface area contributed by atoms with Gasteiger partial charge in [0.1, 0.15) is 0 Å². The van der Waals surface area contributed by atoms with E-state index in [4.69, 9.17) is 9.05 Å². The van der Waals surface area contributed by atoms with E-state index in [1.165, 1.54) is 0 Å². The number of hydrogen-bond donors (Lipinski definition) is 0. The molecule has 0 spiro atoms. The van der Waals surface area contributed by atoms with Crippen LogP contribution in [0, 0.1) is 0 Å². The topological polar surface area (TPSA) is 35.5 Å². The van der Waals surface area contributed by atoms with Gasteiger partial charge in [0.15, 0.2) is 0 Å². The lowest BCUT2D eigenvalue weighted by Gasteiger charge is -2.33. The van der Waals surface area contributed by atoms with Crippen LogP contribution >= 0.6 is 7.60 Å². The van der Waals surface area contributed by atoms with Gasteiger partial charge in [-0.25, -0.2) is 0 Å². The summed E-state index contributed by atoms with van der Waals surface area (Å²) in [6.07, 6.45) is 0. The molecule has 0 saturated heterocycles. The highest BCUT2D eigenvalue weighted by molar-refractivity contribution is 7.62. The first kappa shape index (κ1) is 18.9. The highest BCUT2D eigenvalue weighted by Gasteiger charge is 2.38. The van der Waals surface area contributed by atoms with E-state index in [0.29, 0.717) is 5.30 Å². The molecular weight excluding hydrogens is 319 g/mol. The molecule has 0 aliphatic rings. The van der Waals surface area contributed by atoms with Crippen LogP contribution in [0.1, 0.15) is 41.5 Å². The fourth-order valence-electron chi connectivity index (χ4n) is 2.41. The lowest BCUT2D eigenvalue weighted by Crippen LogP contribution is -2.28. The van der Waals surface area contributed by atoms with Crippen LogP contribution in [0.5, 0.6) is 0 Å². The van der Waals surface area contributed by atoms with Crippen molar-refractivity contribution in [2.45, 2.75) is 52.7 Å². The van der Waals surface area contributed by atoms with Crippen LogP contribution in [0.4, 0.5) is 0 Å². The van der Waals surface area contributed by atoms with E-state index < -0.39 is 18.8 Å². The Morgan fingerprint density at radius 2 is 1.17 bits per heavy atom. The van der Waals surface area contributed by atoms with E-state index in [2.05, 4.69) is 0 Å². The summed E-state index contributed by atoms with van der Waals surface area (Å²) in [4.78, 5) is 0. The second-order valence-electron chi connectivity index (χ2n) is 7.79.